The topological polar surface area (TPSA) is 51.2 Å². The van der Waals surface area contributed by atoms with E-state index >= 15 is 0 Å². The molecule has 1 amide bonds. The van der Waals surface area contributed by atoms with Crippen molar-refractivity contribution in [2.24, 2.45) is 0 Å². The van der Waals surface area contributed by atoms with Crippen molar-refractivity contribution in [1.82, 2.24) is 10.3 Å². The highest BCUT2D eigenvalue weighted by atomic mass is 16.5. The Morgan fingerprint density at radius 3 is 2.77 bits per heavy atom. The zero-order valence-corrected chi connectivity index (χ0v) is 14.9. The lowest BCUT2D eigenvalue weighted by Crippen LogP contribution is -2.31. The normalized spacial score (nSPS) is 16.7. The lowest BCUT2D eigenvalue weighted by Gasteiger charge is -2.13. The number of rotatable bonds is 4. The van der Waals surface area contributed by atoms with Gasteiger partial charge in [0.05, 0.1) is 22.9 Å². The maximum absolute atomic E-state index is 12.9. The van der Waals surface area contributed by atoms with Gasteiger partial charge in [-0.15, -0.1) is 0 Å². The van der Waals surface area contributed by atoms with Crippen LogP contribution in [0.1, 0.15) is 28.8 Å². The van der Waals surface area contributed by atoms with Gasteiger partial charge in [-0.05, 0) is 31.9 Å². The van der Waals surface area contributed by atoms with Crippen LogP contribution in [0.5, 0.6) is 0 Å². The van der Waals surface area contributed by atoms with Crippen LogP contribution in [0.25, 0.3) is 22.2 Å². The van der Waals surface area contributed by atoms with Gasteiger partial charge in [-0.1, -0.05) is 48.0 Å². The van der Waals surface area contributed by atoms with E-state index in [4.69, 9.17) is 9.72 Å². The number of para-hydroxylation sites is 1. The first-order valence-corrected chi connectivity index (χ1v) is 9.07. The molecule has 0 aliphatic carbocycles. The van der Waals surface area contributed by atoms with Gasteiger partial charge in [0.2, 0.25) is 0 Å². The Bertz CT molecular complexity index is 929. The fourth-order valence-corrected chi connectivity index (χ4v) is 3.34. The van der Waals surface area contributed by atoms with Gasteiger partial charge in [0.1, 0.15) is 0 Å². The third-order valence-electron chi connectivity index (χ3n) is 4.82. The molecule has 0 bridgehead atoms. The molecule has 1 aliphatic heterocycles. The number of hydrogen-bond acceptors (Lipinski definition) is 3. The molecule has 1 N–H and O–H groups in total. The molecule has 1 atom stereocenters. The SMILES string of the molecule is Cc1ccc(-c2cc(C(=O)NC[C@@H]3CCCO3)c3ccccc3n2)cc1. The van der Waals surface area contributed by atoms with Gasteiger partial charge >= 0.3 is 0 Å². The largest absolute Gasteiger partial charge is 0.376 e. The molecule has 0 radical (unpaired) electrons. The van der Waals surface area contributed by atoms with Crippen molar-refractivity contribution in [2.45, 2.75) is 25.9 Å². The Balaban J connectivity index is 1.69. The van der Waals surface area contributed by atoms with Crippen molar-refractivity contribution in [3.05, 3.63) is 65.7 Å². The molecular formula is C22H22N2O2. The molecule has 3 aromatic rings. The van der Waals surface area contributed by atoms with Crippen LogP contribution in [-0.2, 0) is 4.74 Å². The van der Waals surface area contributed by atoms with Crippen LogP contribution in [0, 0.1) is 6.92 Å². The molecule has 1 aromatic heterocycles. The highest BCUT2D eigenvalue weighted by Gasteiger charge is 2.18. The Kier molecular flexibility index (Phi) is 4.67. The molecule has 1 saturated heterocycles. The minimum Gasteiger partial charge on any atom is -0.376 e. The summed E-state index contributed by atoms with van der Waals surface area (Å²) in [6.07, 6.45) is 2.20. The van der Waals surface area contributed by atoms with Gasteiger partial charge in [-0.3, -0.25) is 4.79 Å². The van der Waals surface area contributed by atoms with E-state index in [1.54, 1.807) is 0 Å². The number of nitrogens with zero attached hydrogens (tertiary/aromatic N) is 1. The Morgan fingerprint density at radius 2 is 2.00 bits per heavy atom. The van der Waals surface area contributed by atoms with Crippen molar-refractivity contribution in [3.63, 3.8) is 0 Å². The number of carbonyl (C=O) groups excluding carboxylic acids is 1. The van der Waals surface area contributed by atoms with Gasteiger partial charge in [0, 0.05) is 24.1 Å². The van der Waals surface area contributed by atoms with Crippen LogP contribution in [0.4, 0.5) is 0 Å². The molecule has 2 aromatic carbocycles. The number of pyridine rings is 1. The zero-order valence-electron chi connectivity index (χ0n) is 14.9. The molecule has 4 nitrogen and oxygen atoms in total. The fourth-order valence-electron chi connectivity index (χ4n) is 3.34. The molecule has 1 fully saturated rings. The van der Waals surface area contributed by atoms with Crippen molar-refractivity contribution in [2.75, 3.05) is 13.2 Å². The number of amides is 1. The summed E-state index contributed by atoms with van der Waals surface area (Å²) < 4.78 is 5.60. The van der Waals surface area contributed by atoms with E-state index < -0.39 is 0 Å². The summed E-state index contributed by atoms with van der Waals surface area (Å²) in [5.74, 6) is -0.0764. The van der Waals surface area contributed by atoms with E-state index in [1.807, 2.05) is 42.5 Å². The van der Waals surface area contributed by atoms with Crippen LogP contribution < -0.4 is 5.32 Å². The van der Waals surface area contributed by atoms with E-state index in [2.05, 4.69) is 24.4 Å². The summed E-state index contributed by atoms with van der Waals surface area (Å²) in [6, 6.07) is 17.9. The number of aromatic nitrogens is 1. The summed E-state index contributed by atoms with van der Waals surface area (Å²) in [5, 5.41) is 3.90. The number of ether oxygens (including phenoxy) is 1. The van der Waals surface area contributed by atoms with E-state index in [0.717, 1.165) is 41.6 Å². The summed E-state index contributed by atoms with van der Waals surface area (Å²) >= 11 is 0. The number of aryl methyl sites for hydroxylation is 1. The highest BCUT2D eigenvalue weighted by molar-refractivity contribution is 6.07. The molecular weight excluding hydrogens is 324 g/mol. The van der Waals surface area contributed by atoms with Gasteiger partial charge in [0.15, 0.2) is 0 Å². The van der Waals surface area contributed by atoms with Gasteiger partial charge in [-0.2, -0.15) is 0 Å². The summed E-state index contributed by atoms with van der Waals surface area (Å²) in [5.41, 5.74) is 4.50. The summed E-state index contributed by atoms with van der Waals surface area (Å²) in [7, 11) is 0. The smallest absolute Gasteiger partial charge is 0.252 e. The molecule has 2 heterocycles. The van der Waals surface area contributed by atoms with Gasteiger partial charge < -0.3 is 10.1 Å². The molecule has 4 heteroatoms. The lowest BCUT2D eigenvalue weighted by molar-refractivity contribution is 0.0859. The maximum atomic E-state index is 12.9. The van der Waals surface area contributed by atoms with Gasteiger partial charge in [-0.25, -0.2) is 4.98 Å². The molecule has 4 rings (SSSR count). The van der Waals surface area contributed by atoms with Crippen LogP contribution in [0.15, 0.2) is 54.6 Å². The molecule has 1 aliphatic rings. The first-order valence-electron chi connectivity index (χ1n) is 9.07. The quantitative estimate of drug-likeness (QED) is 0.773. The summed E-state index contributed by atoms with van der Waals surface area (Å²) in [6.45, 7) is 3.40. The Labute approximate surface area is 153 Å². The van der Waals surface area contributed by atoms with Crippen LogP contribution in [0.2, 0.25) is 0 Å². The highest BCUT2D eigenvalue weighted by Crippen LogP contribution is 2.25. The molecule has 0 spiro atoms. The fraction of sp³-hybridized carbons (Fsp3) is 0.273. The minimum atomic E-state index is -0.0764. The molecule has 0 saturated carbocycles. The summed E-state index contributed by atoms with van der Waals surface area (Å²) in [4.78, 5) is 17.6. The molecule has 26 heavy (non-hydrogen) atoms. The zero-order chi connectivity index (χ0) is 17.9. The average Bonchev–Trinajstić information content (AvgIpc) is 3.19. The number of carbonyl (C=O) groups is 1. The standard InChI is InChI=1S/C22H22N2O2/c1-15-8-10-16(11-9-15)21-13-19(18-6-2-3-7-20(18)24-21)22(25)23-14-17-5-4-12-26-17/h2-3,6-11,13,17H,4-5,12,14H2,1H3,(H,23,25)/t17-/m0/s1. The minimum absolute atomic E-state index is 0.0764. The molecule has 0 unspecified atom stereocenters. The van der Waals surface area contributed by atoms with Crippen LogP contribution in [0.3, 0.4) is 0 Å². The van der Waals surface area contributed by atoms with Crippen LogP contribution in [-0.4, -0.2) is 30.1 Å². The maximum Gasteiger partial charge on any atom is 0.252 e. The second-order valence-electron chi connectivity index (χ2n) is 6.78. The number of hydrogen-bond donors (Lipinski definition) is 1. The Hall–Kier alpha value is -2.72. The molecule has 132 valence electrons. The monoisotopic (exact) mass is 346 g/mol. The predicted octanol–water partition coefficient (Wildman–Crippen LogP) is 4.12. The van der Waals surface area contributed by atoms with Crippen molar-refractivity contribution >= 4 is 16.8 Å². The second kappa shape index (κ2) is 7.26. The van der Waals surface area contributed by atoms with E-state index in [-0.39, 0.29) is 12.0 Å². The van der Waals surface area contributed by atoms with E-state index in [1.165, 1.54) is 5.56 Å². The third-order valence-corrected chi connectivity index (χ3v) is 4.82. The first-order chi connectivity index (χ1) is 12.7. The van der Waals surface area contributed by atoms with Crippen molar-refractivity contribution in [1.29, 1.82) is 0 Å². The van der Waals surface area contributed by atoms with E-state index in [9.17, 15) is 4.79 Å². The number of nitrogens with one attached hydrogen (secondary N) is 1. The number of benzene rings is 2. The van der Waals surface area contributed by atoms with Gasteiger partial charge in [0.25, 0.3) is 5.91 Å². The number of fused-ring (bicyclic) bond motifs is 1. The third kappa shape index (κ3) is 3.46. The second-order valence-corrected chi connectivity index (χ2v) is 6.78. The van der Waals surface area contributed by atoms with Crippen molar-refractivity contribution < 1.29 is 9.53 Å². The Morgan fingerprint density at radius 1 is 1.19 bits per heavy atom. The average molecular weight is 346 g/mol. The van der Waals surface area contributed by atoms with Crippen molar-refractivity contribution in [3.8, 4) is 11.3 Å². The van der Waals surface area contributed by atoms with Crippen LogP contribution >= 0.6 is 0 Å². The predicted molar refractivity (Wildman–Crippen MR) is 103 cm³/mol. The van der Waals surface area contributed by atoms with E-state index in [0.29, 0.717) is 12.1 Å². The lowest BCUT2D eigenvalue weighted by atomic mass is 10.0. The first kappa shape index (κ1) is 16.7.